The molecule has 2 aliphatic rings. The molecule has 0 saturated carbocycles. The van der Waals surface area contributed by atoms with Crippen LogP contribution in [0.15, 0.2) is 11.1 Å². The van der Waals surface area contributed by atoms with Crippen LogP contribution in [0.1, 0.15) is 13.8 Å². The number of nitrogens with zero attached hydrogens (tertiary/aromatic N) is 3. The van der Waals surface area contributed by atoms with E-state index in [1.165, 1.54) is 13.8 Å². The second-order valence-corrected chi connectivity index (χ2v) is 8.76. The molecule has 15 nitrogen and oxygen atoms in total. The number of aromatic nitrogens is 4. The molecule has 0 spiro atoms. The number of nitrogens with two attached hydrogens (primary N) is 1. The van der Waals surface area contributed by atoms with Gasteiger partial charge in [0.1, 0.15) is 36.6 Å². The molecule has 4 rings (SSSR count). The number of nitrogen functional groups attached to an aromatic ring is 1. The fourth-order valence-corrected chi connectivity index (χ4v) is 4.82. The summed E-state index contributed by atoms with van der Waals surface area (Å²) >= 11 is 0. The van der Waals surface area contributed by atoms with E-state index in [0.29, 0.717) is 0 Å². The first-order valence-corrected chi connectivity index (χ1v) is 10.5. The number of hydrogen-bond donors (Lipinski definition) is 8. The monoisotopic (exact) mass is 485 g/mol. The van der Waals surface area contributed by atoms with Crippen LogP contribution in [0, 0.1) is 5.92 Å². The van der Waals surface area contributed by atoms with Crippen LogP contribution in [-0.2, 0) is 20.0 Å². The zero-order valence-electron chi connectivity index (χ0n) is 18.3. The van der Waals surface area contributed by atoms with Crippen LogP contribution in [0.2, 0.25) is 0 Å². The number of ketones is 1. The molecular weight excluding hydrogens is 458 g/mol. The minimum Gasteiger partial charge on any atom is -0.394 e. The first kappa shape index (κ1) is 24.6. The number of aliphatic hydroxyl groups is 6. The van der Waals surface area contributed by atoms with Crippen LogP contribution in [0.5, 0.6) is 0 Å². The Bertz CT molecular complexity index is 1150. The van der Waals surface area contributed by atoms with Gasteiger partial charge in [0.15, 0.2) is 16.9 Å². The third-order valence-electron chi connectivity index (χ3n) is 6.45. The van der Waals surface area contributed by atoms with E-state index in [9.17, 15) is 40.2 Å². The largest absolute Gasteiger partial charge is 0.394 e. The molecule has 188 valence electrons. The average molecular weight is 485 g/mol. The van der Waals surface area contributed by atoms with Gasteiger partial charge in [-0.15, -0.1) is 0 Å². The summed E-state index contributed by atoms with van der Waals surface area (Å²) in [5, 5.41) is 63.7. The van der Waals surface area contributed by atoms with E-state index in [1.54, 1.807) is 0 Å². The number of hydrogen-bond acceptors (Lipinski definition) is 13. The van der Waals surface area contributed by atoms with Gasteiger partial charge < -0.3 is 45.8 Å². The topological polar surface area (TPSA) is 246 Å². The van der Waals surface area contributed by atoms with E-state index in [4.69, 9.17) is 15.2 Å². The van der Waals surface area contributed by atoms with Gasteiger partial charge in [-0.3, -0.25) is 19.1 Å². The Morgan fingerprint density at radius 3 is 2.44 bits per heavy atom. The summed E-state index contributed by atoms with van der Waals surface area (Å²) in [7, 11) is 0. The van der Waals surface area contributed by atoms with E-state index in [0.717, 1.165) is 10.9 Å². The third kappa shape index (κ3) is 3.06. The number of H-pyrrole nitrogens is 1. The van der Waals surface area contributed by atoms with E-state index < -0.39 is 78.4 Å². The summed E-state index contributed by atoms with van der Waals surface area (Å²) < 4.78 is 12.5. The normalized spacial score (nSPS) is 38.3. The van der Waals surface area contributed by atoms with Crippen LogP contribution in [0.4, 0.5) is 5.95 Å². The molecule has 0 amide bonds. The van der Waals surface area contributed by atoms with Gasteiger partial charge in [0.2, 0.25) is 17.3 Å². The van der Waals surface area contributed by atoms with Crippen molar-refractivity contribution in [2.45, 2.75) is 61.8 Å². The Labute approximate surface area is 191 Å². The van der Waals surface area contributed by atoms with Crippen molar-refractivity contribution in [3.63, 3.8) is 0 Å². The minimum absolute atomic E-state index is 0.287. The molecule has 0 radical (unpaired) electrons. The summed E-state index contributed by atoms with van der Waals surface area (Å²) in [4.78, 5) is 36.1. The number of rotatable bonds is 6. The lowest BCUT2D eigenvalue weighted by Crippen LogP contribution is -2.69. The number of Topliss-reactive ketones (excluding diaryl/α,β-unsaturated/α-hetero) is 1. The Hall–Kier alpha value is -2.50. The van der Waals surface area contributed by atoms with Crippen molar-refractivity contribution in [2.75, 3.05) is 18.9 Å². The predicted molar refractivity (Wildman–Crippen MR) is 111 cm³/mol. The molecule has 15 heteroatoms. The first-order valence-electron chi connectivity index (χ1n) is 10.5. The number of nitrogens with one attached hydrogen (secondary N) is 1. The summed E-state index contributed by atoms with van der Waals surface area (Å²) in [6, 6.07) is 0. The fourth-order valence-electron chi connectivity index (χ4n) is 4.82. The summed E-state index contributed by atoms with van der Waals surface area (Å²) in [6.07, 6.45) is -9.40. The average Bonchev–Trinajstić information content (AvgIpc) is 3.41. The lowest BCUT2D eigenvalue weighted by molar-refractivity contribution is -0.258. The molecule has 0 aliphatic carbocycles. The molecule has 2 aromatic rings. The molecule has 2 aromatic heterocycles. The highest BCUT2D eigenvalue weighted by Gasteiger charge is 2.76. The molecule has 8 atom stereocenters. The van der Waals surface area contributed by atoms with Crippen molar-refractivity contribution in [3.05, 3.63) is 16.7 Å². The molecule has 1 unspecified atom stereocenters. The van der Waals surface area contributed by atoms with Crippen LogP contribution in [0.3, 0.4) is 0 Å². The van der Waals surface area contributed by atoms with E-state index in [1.807, 2.05) is 0 Å². The first-order chi connectivity index (χ1) is 15.9. The second kappa shape index (κ2) is 8.31. The maximum atomic E-state index is 13.4. The van der Waals surface area contributed by atoms with Gasteiger partial charge in [0, 0.05) is 5.92 Å². The van der Waals surface area contributed by atoms with E-state index in [-0.39, 0.29) is 17.1 Å². The molecule has 0 aromatic carbocycles. The number of aliphatic hydroxyl groups excluding tert-OH is 5. The van der Waals surface area contributed by atoms with Crippen molar-refractivity contribution in [3.8, 4) is 0 Å². The molecule has 2 fully saturated rings. The highest BCUT2D eigenvalue weighted by atomic mass is 16.6. The highest BCUT2D eigenvalue weighted by Crippen LogP contribution is 2.52. The quantitative estimate of drug-likeness (QED) is 0.193. The Balaban J connectivity index is 2.10. The van der Waals surface area contributed by atoms with Crippen LogP contribution in [-0.4, -0.2) is 111 Å². The predicted octanol–water partition coefficient (Wildman–Crippen LogP) is -4.46. The van der Waals surface area contributed by atoms with Crippen molar-refractivity contribution in [1.29, 1.82) is 0 Å². The number of carbonyl (C=O) groups is 1. The van der Waals surface area contributed by atoms with Crippen molar-refractivity contribution >= 4 is 22.9 Å². The van der Waals surface area contributed by atoms with Gasteiger partial charge in [0.05, 0.1) is 19.5 Å². The van der Waals surface area contributed by atoms with Gasteiger partial charge >= 0.3 is 0 Å². The van der Waals surface area contributed by atoms with Gasteiger partial charge in [0.25, 0.3) is 5.56 Å². The molecule has 4 heterocycles. The lowest BCUT2D eigenvalue weighted by Gasteiger charge is -2.46. The van der Waals surface area contributed by atoms with Gasteiger partial charge in [-0.1, -0.05) is 13.8 Å². The molecule has 2 saturated heterocycles. The fraction of sp³-hybridized carbons (Fsp3) is 0.684. The standard InChI is InChI=1S/C19H27N5O10/c1-6(2)12(29)18(32)13(30)8(4-26)34-19(18,14-11(28)10(27)7(3-25)33-14)24-5-21-9-15(24)22-17(20)23-16(9)31/h5-8,10-11,13-14,25-28,30,32H,3-4H2,1-2H3,(H3,20,22,23,31)/t7-,8-,10-,11+,13-,14?,18-,19-/m1/s1. The van der Waals surface area contributed by atoms with Gasteiger partial charge in [-0.2, -0.15) is 4.98 Å². The number of fused-ring (bicyclic) bond motifs is 1. The molecule has 9 N–H and O–H groups in total. The van der Waals surface area contributed by atoms with E-state index in [2.05, 4.69) is 15.0 Å². The zero-order valence-corrected chi connectivity index (χ0v) is 18.3. The minimum atomic E-state index is -2.92. The van der Waals surface area contributed by atoms with E-state index >= 15 is 0 Å². The summed E-state index contributed by atoms with van der Waals surface area (Å²) in [5.74, 6) is -2.23. The maximum Gasteiger partial charge on any atom is 0.280 e. The summed E-state index contributed by atoms with van der Waals surface area (Å²) in [5.41, 5.74) is -1.22. The van der Waals surface area contributed by atoms with Crippen LogP contribution in [0.25, 0.3) is 11.2 Å². The smallest absolute Gasteiger partial charge is 0.280 e. The zero-order chi connectivity index (χ0) is 25.2. The molecular formula is C19H27N5O10. The SMILES string of the molecule is CC(C)C(=O)[C@@]1(O)[C@H](O)[C@@H](CO)O[C@@]1(C1O[C@H](CO)[C@@H](O)[C@@H]1O)n1cnc2c(=O)[nH]c(N)nc21. The van der Waals surface area contributed by atoms with Crippen molar-refractivity contribution in [2.24, 2.45) is 5.92 Å². The van der Waals surface area contributed by atoms with Crippen molar-refractivity contribution < 1.29 is 44.9 Å². The number of aromatic amines is 1. The summed E-state index contributed by atoms with van der Waals surface area (Å²) in [6.45, 7) is 1.26. The second-order valence-electron chi connectivity index (χ2n) is 8.76. The number of ether oxygens (including phenoxy) is 2. The van der Waals surface area contributed by atoms with Crippen LogP contribution >= 0.6 is 0 Å². The number of anilines is 1. The van der Waals surface area contributed by atoms with Gasteiger partial charge in [-0.05, 0) is 0 Å². The third-order valence-corrected chi connectivity index (χ3v) is 6.45. The highest BCUT2D eigenvalue weighted by molar-refractivity contribution is 5.91. The number of carbonyl (C=O) groups excluding carboxylic acids is 1. The van der Waals surface area contributed by atoms with Crippen molar-refractivity contribution in [1.82, 2.24) is 19.5 Å². The maximum absolute atomic E-state index is 13.4. The lowest BCUT2D eigenvalue weighted by atomic mass is 9.74. The Kier molecular flexibility index (Phi) is 6.02. The van der Waals surface area contributed by atoms with Gasteiger partial charge in [-0.25, -0.2) is 4.98 Å². The van der Waals surface area contributed by atoms with Crippen LogP contribution < -0.4 is 11.3 Å². The number of imidazole rings is 1. The molecule has 0 bridgehead atoms. The molecule has 34 heavy (non-hydrogen) atoms. The Morgan fingerprint density at radius 2 is 1.88 bits per heavy atom. The molecule has 2 aliphatic heterocycles. The Morgan fingerprint density at radius 1 is 1.24 bits per heavy atom.